The van der Waals surface area contributed by atoms with Crippen LogP contribution in [0.3, 0.4) is 0 Å². The molecule has 1 aromatic carbocycles. The van der Waals surface area contributed by atoms with Crippen molar-refractivity contribution in [2.24, 2.45) is 5.92 Å². The highest BCUT2D eigenvalue weighted by molar-refractivity contribution is 5.36. The van der Waals surface area contributed by atoms with Gasteiger partial charge < -0.3 is 14.4 Å². The van der Waals surface area contributed by atoms with E-state index in [9.17, 15) is 5.11 Å². The molecule has 1 atom stereocenters. The zero-order chi connectivity index (χ0) is 13.9. The number of rotatable bonds is 4. The molecule has 0 spiro atoms. The molecule has 1 N–H and O–H groups in total. The van der Waals surface area contributed by atoms with Gasteiger partial charge in [-0.05, 0) is 12.5 Å². The molecule has 0 bridgehead atoms. The third-order valence-electron chi connectivity index (χ3n) is 3.96. The normalized spacial score (nSPS) is 17.8. The summed E-state index contributed by atoms with van der Waals surface area (Å²) in [6.07, 6.45) is 4.89. The Morgan fingerprint density at radius 3 is 3.05 bits per heavy atom. The van der Waals surface area contributed by atoms with Crippen LogP contribution in [0.2, 0.25) is 0 Å². The lowest BCUT2D eigenvalue weighted by molar-refractivity contribution is 0.190. The second-order valence-corrected chi connectivity index (χ2v) is 5.38. The lowest BCUT2D eigenvalue weighted by atomic mass is 10.0. The van der Waals surface area contributed by atoms with E-state index in [0.29, 0.717) is 5.92 Å². The Balaban J connectivity index is 1.81. The predicted octanol–water partition coefficient (Wildman–Crippen LogP) is 2.04. The summed E-state index contributed by atoms with van der Waals surface area (Å²) in [5, 5.41) is 9.28. The van der Waals surface area contributed by atoms with Gasteiger partial charge in [0.1, 0.15) is 11.6 Å². The van der Waals surface area contributed by atoms with Gasteiger partial charge in [-0.15, -0.1) is 0 Å². The molecular weight excluding hydrogens is 252 g/mol. The van der Waals surface area contributed by atoms with E-state index in [1.54, 1.807) is 7.11 Å². The summed E-state index contributed by atoms with van der Waals surface area (Å²) in [5.74, 6) is 2.42. The van der Waals surface area contributed by atoms with Gasteiger partial charge in [-0.2, -0.15) is 0 Å². The Kier molecular flexibility index (Phi) is 3.74. The minimum absolute atomic E-state index is 0.263. The summed E-state index contributed by atoms with van der Waals surface area (Å²) in [4.78, 5) is 4.72. The minimum Gasteiger partial charge on any atom is -0.496 e. The molecule has 106 valence electrons. The highest BCUT2D eigenvalue weighted by Gasteiger charge is 2.20. The number of methoxy groups -OCH3 is 1. The molecule has 1 unspecified atom stereocenters. The van der Waals surface area contributed by atoms with Crippen molar-refractivity contribution < 1.29 is 9.84 Å². The van der Waals surface area contributed by atoms with Crippen molar-refractivity contribution in [2.75, 3.05) is 13.7 Å². The van der Waals surface area contributed by atoms with Gasteiger partial charge in [0.15, 0.2) is 0 Å². The first-order chi connectivity index (χ1) is 9.80. The van der Waals surface area contributed by atoms with E-state index >= 15 is 0 Å². The quantitative estimate of drug-likeness (QED) is 0.926. The van der Waals surface area contributed by atoms with E-state index in [1.165, 1.54) is 0 Å². The van der Waals surface area contributed by atoms with E-state index in [4.69, 9.17) is 9.72 Å². The molecule has 1 aliphatic rings. The Labute approximate surface area is 119 Å². The Morgan fingerprint density at radius 2 is 2.25 bits per heavy atom. The number of aromatic nitrogens is 2. The van der Waals surface area contributed by atoms with Crippen molar-refractivity contribution >= 4 is 0 Å². The van der Waals surface area contributed by atoms with Crippen LogP contribution < -0.4 is 4.74 Å². The van der Waals surface area contributed by atoms with Crippen molar-refractivity contribution in [2.45, 2.75) is 25.8 Å². The number of aliphatic hydroxyl groups is 1. The fourth-order valence-electron chi connectivity index (χ4n) is 2.85. The second kappa shape index (κ2) is 5.67. The third kappa shape index (κ3) is 2.56. The predicted molar refractivity (Wildman–Crippen MR) is 76.9 cm³/mol. The molecule has 0 saturated heterocycles. The molecular formula is C16H20N2O2. The maximum absolute atomic E-state index is 9.28. The summed E-state index contributed by atoms with van der Waals surface area (Å²) in [6.45, 7) is 1.14. The van der Waals surface area contributed by atoms with Gasteiger partial charge in [0.25, 0.3) is 0 Å². The van der Waals surface area contributed by atoms with Crippen LogP contribution in [-0.4, -0.2) is 28.4 Å². The number of benzene rings is 1. The average Bonchev–Trinajstić information content (AvgIpc) is 2.89. The van der Waals surface area contributed by atoms with Gasteiger partial charge in [0.2, 0.25) is 0 Å². The van der Waals surface area contributed by atoms with Crippen LogP contribution in [0.5, 0.6) is 5.75 Å². The highest BCUT2D eigenvalue weighted by Crippen LogP contribution is 2.23. The lowest BCUT2D eigenvalue weighted by Gasteiger charge is -2.21. The van der Waals surface area contributed by atoms with E-state index in [-0.39, 0.29) is 6.61 Å². The Morgan fingerprint density at radius 1 is 1.40 bits per heavy atom. The number of aryl methyl sites for hydroxylation is 1. The molecule has 20 heavy (non-hydrogen) atoms. The number of para-hydroxylation sites is 1. The summed E-state index contributed by atoms with van der Waals surface area (Å²) >= 11 is 0. The first-order valence-corrected chi connectivity index (χ1v) is 7.08. The number of imidazole rings is 1. The van der Waals surface area contributed by atoms with Gasteiger partial charge in [-0.1, -0.05) is 18.2 Å². The highest BCUT2D eigenvalue weighted by atomic mass is 16.5. The van der Waals surface area contributed by atoms with Crippen LogP contribution >= 0.6 is 0 Å². The summed E-state index contributed by atoms with van der Waals surface area (Å²) in [7, 11) is 1.70. The van der Waals surface area contributed by atoms with Crippen molar-refractivity contribution in [3.8, 4) is 5.75 Å². The zero-order valence-electron chi connectivity index (χ0n) is 11.7. The lowest BCUT2D eigenvalue weighted by Crippen LogP contribution is -2.22. The number of nitrogens with zero attached hydrogens (tertiary/aromatic N) is 2. The van der Waals surface area contributed by atoms with E-state index in [0.717, 1.165) is 48.6 Å². The summed E-state index contributed by atoms with van der Waals surface area (Å²) in [5.41, 5.74) is 2.23. The van der Waals surface area contributed by atoms with Gasteiger partial charge >= 0.3 is 0 Å². The van der Waals surface area contributed by atoms with Crippen LogP contribution in [0.15, 0.2) is 30.5 Å². The number of hydrogen-bond donors (Lipinski definition) is 1. The fraction of sp³-hybridized carbons (Fsp3) is 0.438. The smallest absolute Gasteiger partial charge is 0.122 e. The van der Waals surface area contributed by atoms with Gasteiger partial charge in [0.05, 0.1) is 12.8 Å². The molecule has 3 rings (SSSR count). The zero-order valence-corrected chi connectivity index (χ0v) is 11.7. The Hall–Kier alpha value is -1.81. The van der Waals surface area contributed by atoms with E-state index in [1.807, 2.05) is 18.2 Å². The average molecular weight is 272 g/mol. The topological polar surface area (TPSA) is 47.3 Å². The van der Waals surface area contributed by atoms with Crippen molar-refractivity contribution in [1.82, 2.24) is 9.55 Å². The number of fused-ring (bicyclic) bond motifs is 1. The first kappa shape index (κ1) is 13.2. The molecule has 2 aromatic rings. The van der Waals surface area contributed by atoms with E-state index < -0.39 is 0 Å². The van der Waals surface area contributed by atoms with Crippen molar-refractivity contribution in [3.63, 3.8) is 0 Å². The second-order valence-electron chi connectivity index (χ2n) is 5.38. The van der Waals surface area contributed by atoms with Crippen molar-refractivity contribution in [1.29, 1.82) is 0 Å². The monoisotopic (exact) mass is 272 g/mol. The van der Waals surface area contributed by atoms with Crippen LogP contribution in [0.25, 0.3) is 0 Å². The largest absolute Gasteiger partial charge is 0.496 e. The minimum atomic E-state index is 0.263. The molecule has 0 radical (unpaired) electrons. The molecule has 1 aliphatic heterocycles. The van der Waals surface area contributed by atoms with Crippen LogP contribution in [0.1, 0.15) is 23.5 Å². The standard InChI is InChI=1S/C16H20N2O2/c1-20-15-5-3-2-4-13(15)8-14-10-18-9-12(11-19)6-7-16(18)17-14/h2-5,10,12,19H,6-9,11H2,1H3. The SMILES string of the molecule is COc1ccccc1Cc1cn2c(n1)CCC(CO)C2. The first-order valence-electron chi connectivity index (χ1n) is 7.08. The van der Waals surface area contributed by atoms with Crippen LogP contribution in [-0.2, 0) is 19.4 Å². The maximum Gasteiger partial charge on any atom is 0.122 e. The fourth-order valence-corrected chi connectivity index (χ4v) is 2.85. The molecule has 2 heterocycles. The molecule has 0 amide bonds. The third-order valence-corrected chi connectivity index (χ3v) is 3.96. The van der Waals surface area contributed by atoms with Gasteiger partial charge in [-0.25, -0.2) is 4.98 Å². The Bertz CT molecular complexity index is 592. The molecule has 1 aromatic heterocycles. The summed E-state index contributed by atoms with van der Waals surface area (Å²) < 4.78 is 7.58. The molecule has 0 fully saturated rings. The summed E-state index contributed by atoms with van der Waals surface area (Å²) in [6, 6.07) is 8.06. The molecule has 4 nitrogen and oxygen atoms in total. The van der Waals surface area contributed by atoms with Crippen LogP contribution in [0.4, 0.5) is 0 Å². The number of aliphatic hydroxyl groups excluding tert-OH is 1. The van der Waals surface area contributed by atoms with Gasteiger partial charge in [0, 0.05) is 43.7 Å². The molecule has 0 saturated carbocycles. The van der Waals surface area contributed by atoms with E-state index in [2.05, 4.69) is 16.8 Å². The van der Waals surface area contributed by atoms with Gasteiger partial charge in [-0.3, -0.25) is 0 Å². The molecule has 0 aliphatic carbocycles. The maximum atomic E-state index is 9.28. The van der Waals surface area contributed by atoms with Crippen molar-refractivity contribution in [3.05, 3.63) is 47.5 Å². The van der Waals surface area contributed by atoms with Crippen LogP contribution in [0, 0.1) is 5.92 Å². The number of hydrogen-bond acceptors (Lipinski definition) is 3. The molecule has 4 heteroatoms. The number of ether oxygens (including phenoxy) is 1.